The number of phenolic OH excluding ortho intramolecular Hbond substituents is 1. The number of hydrogen-bond donors (Lipinski definition) is 2. The average Bonchev–Trinajstić information content (AvgIpc) is 3.02. The molecule has 7 heteroatoms. The van der Waals surface area contributed by atoms with Gasteiger partial charge in [0.15, 0.2) is 0 Å². The number of aromatic hydroxyl groups is 1. The van der Waals surface area contributed by atoms with E-state index in [2.05, 4.69) is 0 Å². The number of hydrogen-bond acceptors (Lipinski definition) is 5. The summed E-state index contributed by atoms with van der Waals surface area (Å²) in [6, 6.07) is 10.5. The highest BCUT2D eigenvalue weighted by molar-refractivity contribution is 6.46. The Hall–Kier alpha value is -2.99. The van der Waals surface area contributed by atoms with Crippen LogP contribution < -0.4 is 4.74 Å². The lowest BCUT2D eigenvalue weighted by atomic mass is 9.95. The van der Waals surface area contributed by atoms with Crippen LogP contribution >= 0.6 is 11.6 Å². The van der Waals surface area contributed by atoms with E-state index in [1.54, 1.807) is 30.3 Å². The Morgan fingerprint density at radius 1 is 1.19 bits per heavy atom. The molecule has 1 amide bonds. The number of ketones is 1. The van der Waals surface area contributed by atoms with Gasteiger partial charge in [-0.2, -0.15) is 0 Å². The molecule has 2 aromatic carbocycles. The second-order valence-electron chi connectivity index (χ2n) is 8.29. The van der Waals surface area contributed by atoms with Crippen molar-refractivity contribution in [1.29, 1.82) is 0 Å². The zero-order valence-corrected chi connectivity index (χ0v) is 19.2. The molecule has 1 saturated heterocycles. The van der Waals surface area contributed by atoms with Crippen LogP contribution in [0.3, 0.4) is 0 Å². The Morgan fingerprint density at radius 3 is 2.59 bits per heavy atom. The third-order valence-corrected chi connectivity index (χ3v) is 5.57. The number of unbranched alkanes of at least 4 members (excludes halogenated alkanes) is 1. The van der Waals surface area contributed by atoms with Crippen molar-refractivity contribution in [2.75, 3.05) is 13.2 Å². The van der Waals surface area contributed by atoms with Crippen molar-refractivity contribution in [1.82, 2.24) is 4.90 Å². The molecule has 32 heavy (non-hydrogen) atoms. The normalized spacial score (nSPS) is 17.9. The minimum absolute atomic E-state index is 0.00568. The number of Topliss-reactive ketones (excluding diaryl/α,β-unsaturated/α-hetero) is 1. The van der Waals surface area contributed by atoms with Gasteiger partial charge in [0.1, 0.15) is 17.3 Å². The molecule has 2 aromatic rings. The number of likely N-dealkylation sites (tertiary alicyclic amines) is 1. The molecule has 170 valence electrons. The largest absolute Gasteiger partial charge is 0.507 e. The first-order chi connectivity index (χ1) is 15.2. The summed E-state index contributed by atoms with van der Waals surface area (Å²) in [7, 11) is 0. The van der Waals surface area contributed by atoms with Crippen LogP contribution in [0.4, 0.5) is 0 Å². The standard InChI is InChI=1S/C25H28ClNO5/c1-4-5-11-27-22(16-9-10-20(28)19(26)13-16)21(24(30)25(27)31)23(29)17-7-6-8-18(12-17)32-14-15(2)3/h6-10,12-13,15,22,28-29H,4-5,11,14H2,1-3H3/b23-21-. The van der Waals surface area contributed by atoms with Gasteiger partial charge in [0.05, 0.1) is 23.2 Å². The van der Waals surface area contributed by atoms with Gasteiger partial charge >= 0.3 is 0 Å². The molecule has 0 saturated carbocycles. The van der Waals surface area contributed by atoms with Gasteiger partial charge in [0, 0.05) is 12.1 Å². The molecule has 1 atom stereocenters. The number of amides is 1. The molecular weight excluding hydrogens is 430 g/mol. The molecule has 0 aromatic heterocycles. The summed E-state index contributed by atoms with van der Waals surface area (Å²) in [5, 5.41) is 21.1. The summed E-state index contributed by atoms with van der Waals surface area (Å²) < 4.78 is 5.74. The zero-order chi connectivity index (χ0) is 23.4. The molecule has 0 bridgehead atoms. The summed E-state index contributed by atoms with van der Waals surface area (Å²) >= 11 is 6.11. The van der Waals surface area contributed by atoms with Crippen LogP contribution in [0.25, 0.3) is 5.76 Å². The van der Waals surface area contributed by atoms with Crippen LogP contribution in [0.5, 0.6) is 11.5 Å². The fraction of sp³-hybridized carbons (Fsp3) is 0.360. The molecule has 6 nitrogen and oxygen atoms in total. The predicted octanol–water partition coefficient (Wildman–Crippen LogP) is 5.30. The van der Waals surface area contributed by atoms with Crippen LogP contribution in [0, 0.1) is 5.92 Å². The molecule has 0 aliphatic carbocycles. The number of phenols is 1. The average molecular weight is 458 g/mol. The number of benzene rings is 2. The lowest BCUT2D eigenvalue weighted by molar-refractivity contribution is -0.139. The number of carbonyl (C=O) groups is 2. The fourth-order valence-electron chi connectivity index (χ4n) is 3.63. The highest BCUT2D eigenvalue weighted by Gasteiger charge is 2.45. The maximum atomic E-state index is 13.0. The third-order valence-electron chi connectivity index (χ3n) is 5.27. The molecule has 0 spiro atoms. The number of rotatable bonds is 8. The molecule has 1 aliphatic rings. The second kappa shape index (κ2) is 10.1. The van der Waals surface area contributed by atoms with E-state index in [0.717, 1.165) is 6.42 Å². The van der Waals surface area contributed by atoms with E-state index >= 15 is 0 Å². The van der Waals surface area contributed by atoms with Crippen molar-refractivity contribution in [3.63, 3.8) is 0 Å². The summed E-state index contributed by atoms with van der Waals surface area (Å²) in [6.07, 6.45) is 1.54. The predicted molar refractivity (Wildman–Crippen MR) is 124 cm³/mol. The molecule has 3 rings (SSSR count). The maximum absolute atomic E-state index is 13.0. The van der Waals surface area contributed by atoms with E-state index in [1.807, 2.05) is 20.8 Å². The van der Waals surface area contributed by atoms with E-state index in [0.29, 0.717) is 42.4 Å². The number of aliphatic hydroxyl groups is 1. The monoisotopic (exact) mass is 457 g/mol. The van der Waals surface area contributed by atoms with Gasteiger partial charge in [-0.1, -0.05) is 57.0 Å². The number of aliphatic hydroxyl groups excluding tert-OH is 1. The summed E-state index contributed by atoms with van der Waals surface area (Å²) in [4.78, 5) is 27.3. The van der Waals surface area contributed by atoms with Crippen molar-refractivity contribution in [2.24, 2.45) is 5.92 Å². The van der Waals surface area contributed by atoms with E-state index in [4.69, 9.17) is 16.3 Å². The van der Waals surface area contributed by atoms with Crippen LogP contribution in [0.2, 0.25) is 5.02 Å². The molecular formula is C25H28ClNO5. The Labute approximate surface area is 193 Å². The number of ether oxygens (including phenoxy) is 1. The first kappa shape index (κ1) is 23.7. The van der Waals surface area contributed by atoms with Gasteiger partial charge in [-0.05, 0) is 42.2 Å². The fourth-order valence-corrected chi connectivity index (χ4v) is 3.82. The van der Waals surface area contributed by atoms with Crippen molar-refractivity contribution in [2.45, 2.75) is 39.7 Å². The van der Waals surface area contributed by atoms with Gasteiger partial charge in [0.25, 0.3) is 11.7 Å². The summed E-state index contributed by atoms with van der Waals surface area (Å²) in [6.45, 7) is 6.93. The van der Waals surface area contributed by atoms with Gasteiger partial charge in [-0.3, -0.25) is 9.59 Å². The number of carbonyl (C=O) groups excluding carboxylic acids is 2. The molecule has 1 unspecified atom stereocenters. The van der Waals surface area contributed by atoms with E-state index in [1.165, 1.54) is 17.0 Å². The Bertz CT molecular complexity index is 1050. The van der Waals surface area contributed by atoms with Crippen LogP contribution in [-0.2, 0) is 9.59 Å². The Kier molecular flexibility index (Phi) is 7.46. The van der Waals surface area contributed by atoms with E-state index in [-0.39, 0.29) is 22.1 Å². The van der Waals surface area contributed by atoms with Crippen LogP contribution in [0.1, 0.15) is 50.8 Å². The second-order valence-corrected chi connectivity index (χ2v) is 8.70. The topological polar surface area (TPSA) is 87.1 Å². The van der Waals surface area contributed by atoms with E-state index in [9.17, 15) is 19.8 Å². The first-order valence-corrected chi connectivity index (χ1v) is 11.1. The minimum Gasteiger partial charge on any atom is -0.507 e. The number of nitrogens with zero attached hydrogens (tertiary/aromatic N) is 1. The minimum atomic E-state index is -0.806. The Balaban J connectivity index is 2.11. The maximum Gasteiger partial charge on any atom is 0.295 e. The molecule has 1 fully saturated rings. The molecule has 1 heterocycles. The molecule has 1 aliphatic heterocycles. The molecule has 2 N–H and O–H groups in total. The van der Waals surface area contributed by atoms with Gasteiger partial charge in [-0.25, -0.2) is 0 Å². The zero-order valence-electron chi connectivity index (χ0n) is 18.5. The van der Waals surface area contributed by atoms with Crippen molar-refractivity contribution < 1.29 is 24.5 Å². The first-order valence-electron chi connectivity index (χ1n) is 10.7. The van der Waals surface area contributed by atoms with Crippen molar-refractivity contribution in [3.05, 3.63) is 64.2 Å². The highest BCUT2D eigenvalue weighted by Crippen LogP contribution is 2.41. The van der Waals surface area contributed by atoms with Crippen molar-refractivity contribution >= 4 is 29.1 Å². The van der Waals surface area contributed by atoms with Gasteiger partial charge in [0.2, 0.25) is 0 Å². The van der Waals surface area contributed by atoms with Gasteiger partial charge < -0.3 is 19.8 Å². The highest BCUT2D eigenvalue weighted by atomic mass is 35.5. The summed E-state index contributed by atoms with van der Waals surface area (Å²) in [5.41, 5.74) is 0.917. The SMILES string of the molecule is CCCCN1C(=O)C(=O)/C(=C(\O)c2cccc(OCC(C)C)c2)C1c1ccc(O)c(Cl)c1. The van der Waals surface area contributed by atoms with Crippen LogP contribution in [0.15, 0.2) is 48.0 Å². The van der Waals surface area contributed by atoms with Gasteiger partial charge in [-0.15, -0.1) is 0 Å². The quantitative estimate of drug-likeness (QED) is 0.319. The molecule has 0 radical (unpaired) electrons. The smallest absolute Gasteiger partial charge is 0.295 e. The van der Waals surface area contributed by atoms with Crippen molar-refractivity contribution in [3.8, 4) is 11.5 Å². The lowest BCUT2D eigenvalue weighted by Gasteiger charge is -2.25. The summed E-state index contributed by atoms with van der Waals surface area (Å²) in [5.74, 6) is -0.896. The lowest BCUT2D eigenvalue weighted by Crippen LogP contribution is -2.30. The number of halogens is 1. The Morgan fingerprint density at radius 2 is 1.94 bits per heavy atom. The van der Waals surface area contributed by atoms with Crippen LogP contribution in [-0.4, -0.2) is 40.0 Å². The van der Waals surface area contributed by atoms with E-state index < -0.39 is 17.7 Å². The third kappa shape index (κ3) is 4.91.